The van der Waals surface area contributed by atoms with Crippen molar-refractivity contribution in [3.05, 3.63) is 65.4 Å². The van der Waals surface area contributed by atoms with Crippen LogP contribution >= 0.6 is 0 Å². The second kappa shape index (κ2) is 10.2. The van der Waals surface area contributed by atoms with Crippen LogP contribution in [0.5, 0.6) is 11.5 Å². The van der Waals surface area contributed by atoms with Gasteiger partial charge < -0.3 is 24.6 Å². The van der Waals surface area contributed by atoms with E-state index in [-0.39, 0.29) is 0 Å². The van der Waals surface area contributed by atoms with E-state index in [9.17, 15) is 14.7 Å². The molecule has 34 heavy (non-hydrogen) atoms. The monoisotopic (exact) mass is 465 g/mol. The summed E-state index contributed by atoms with van der Waals surface area (Å²) >= 11 is 0. The zero-order chi connectivity index (χ0) is 24.1. The van der Waals surface area contributed by atoms with Gasteiger partial charge in [0.05, 0.1) is 20.0 Å². The first kappa shape index (κ1) is 23.7. The highest BCUT2D eigenvalue weighted by Gasteiger charge is 2.42. The standard InChI is InChI=1S/C27H31NO6/c1-18-9-12-27(13-10-18,26(30)31)28-25(29)21-7-8-23(32-2)24(15-21)34-14-11-19-3-5-20(6-4-19)22-16-33-17-22/h3-8,15-16,18H,9-14,17H2,1-2H3,(H,28,29)(H,30,31). The van der Waals surface area contributed by atoms with Crippen molar-refractivity contribution >= 4 is 17.4 Å². The fourth-order valence-corrected chi connectivity index (χ4v) is 4.35. The summed E-state index contributed by atoms with van der Waals surface area (Å²) in [4.78, 5) is 25.0. The lowest BCUT2D eigenvalue weighted by atomic mass is 9.77. The number of amides is 1. The maximum atomic E-state index is 13.0. The number of carbonyl (C=O) groups excluding carboxylic acids is 1. The first-order valence-electron chi connectivity index (χ1n) is 11.7. The predicted molar refractivity (Wildman–Crippen MR) is 128 cm³/mol. The Morgan fingerprint density at radius 1 is 1.12 bits per heavy atom. The number of rotatable bonds is 9. The average molecular weight is 466 g/mol. The van der Waals surface area contributed by atoms with E-state index in [1.54, 1.807) is 31.6 Å². The Bertz CT molecular complexity index is 1070. The number of hydrogen-bond acceptors (Lipinski definition) is 5. The average Bonchev–Trinajstić information content (AvgIpc) is 2.80. The molecule has 0 radical (unpaired) electrons. The Morgan fingerprint density at radius 2 is 1.82 bits per heavy atom. The largest absolute Gasteiger partial charge is 0.496 e. The molecule has 1 aliphatic carbocycles. The summed E-state index contributed by atoms with van der Waals surface area (Å²) in [5, 5.41) is 12.6. The van der Waals surface area contributed by atoms with Gasteiger partial charge in [-0.25, -0.2) is 4.79 Å². The lowest BCUT2D eigenvalue weighted by Crippen LogP contribution is -2.56. The van der Waals surface area contributed by atoms with E-state index >= 15 is 0 Å². The smallest absolute Gasteiger partial charge is 0.329 e. The van der Waals surface area contributed by atoms with Crippen LogP contribution in [-0.2, 0) is 16.0 Å². The van der Waals surface area contributed by atoms with Crippen molar-refractivity contribution in [2.24, 2.45) is 5.92 Å². The molecule has 1 heterocycles. The van der Waals surface area contributed by atoms with Crippen LogP contribution in [0, 0.1) is 5.92 Å². The lowest BCUT2D eigenvalue weighted by Gasteiger charge is -2.36. The third-order valence-electron chi connectivity index (χ3n) is 6.75. The van der Waals surface area contributed by atoms with E-state index in [4.69, 9.17) is 14.2 Å². The van der Waals surface area contributed by atoms with Crippen LogP contribution in [0.2, 0.25) is 0 Å². The molecule has 2 aromatic rings. The number of ether oxygens (including phenoxy) is 3. The van der Waals surface area contributed by atoms with Crippen LogP contribution < -0.4 is 14.8 Å². The Balaban J connectivity index is 1.40. The number of benzene rings is 2. The number of aliphatic carboxylic acids is 1. The minimum atomic E-state index is -1.22. The van der Waals surface area contributed by atoms with Crippen LogP contribution in [0.1, 0.15) is 54.1 Å². The van der Waals surface area contributed by atoms with Crippen molar-refractivity contribution in [2.75, 3.05) is 20.3 Å². The van der Waals surface area contributed by atoms with Gasteiger partial charge in [-0.3, -0.25) is 4.79 Å². The zero-order valence-corrected chi connectivity index (χ0v) is 19.6. The van der Waals surface area contributed by atoms with Crippen LogP contribution in [0.15, 0.2) is 48.7 Å². The summed E-state index contributed by atoms with van der Waals surface area (Å²) in [5.41, 5.74) is 2.60. The molecule has 0 unspecified atom stereocenters. The van der Waals surface area contributed by atoms with E-state index in [2.05, 4.69) is 36.5 Å². The van der Waals surface area contributed by atoms with E-state index in [0.717, 1.165) is 24.0 Å². The molecular formula is C27H31NO6. The quantitative estimate of drug-likeness (QED) is 0.568. The molecule has 1 amide bonds. The van der Waals surface area contributed by atoms with Crippen molar-refractivity contribution in [3.63, 3.8) is 0 Å². The van der Waals surface area contributed by atoms with E-state index < -0.39 is 17.4 Å². The van der Waals surface area contributed by atoms with E-state index in [1.165, 1.54) is 5.57 Å². The second-order valence-electron chi connectivity index (χ2n) is 9.14. The summed E-state index contributed by atoms with van der Waals surface area (Å²) in [7, 11) is 1.54. The Hall–Kier alpha value is -3.48. The summed E-state index contributed by atoms with van der Waals surface area (Å²) in [6, 6.07) is 13.2. The molecule has 2 N–H and O–H groups in total. The van der Waals surface area contributed by atoms with Gasteiger partial charge in [0.1, 0.15) is 12.1 Å². The molecule has 2 aliphatic rings. The van der Waals surface area contributed by atoms with Crippen LogP contribution in [0.25, 0.3) is 5.57 Å². The second-order valence-corrected chi connectivity index (χ2v) is 9.14. The highest BCUT2D eigenvalue weighted by atomic mass is 16.5. The highest BCUT2D eigenvalue weighted by molar-refractivity contribution is 5.98. The molecule has 1 fully saturated rings. The van der Waals surface area contributed by atoms with Gasteiger partial charge in [0.2, 0.25) is 0 Å². The van der Waals surface area contributed by atoms with Gasteiger partial charge in [0.25, 0.3) is 5.91 Å². The summed E-state index contributed by atoms with van der Waals surface area (Å²) in [5.74, 6) is 0.0264. The fourth-order valence-electron chi connectivity index (χ4n) is 4.35. The van der Waals surface area contributed by atoms with Crippen molar-refractivity contribution in [1.82, 2.24) is 5.32 Å². The third-order valence-corrected chi connectivity index (χ3v) is 6.75. The van der Waals surface area contributed by atoms with Crippen molar-refractivity contribution in [3.8, 4) is 11.5 Å². The lowest BCUT2D eigenvalue weighted by molar-refractivity contribution is -0.146. The molecule has 7 nitrogen and oxygen atoms in total. The first-order chi connectivity index (χ1) is 16.4. The minimum absolute atomic E-state index is 0.343. The molecule has 180 valence electrons. The topological polar surface area (TPSA) is 94.1 Å². The first-order valence-corrected chi connectivity index (χ1v) is 11.7. The number of carbonyl (C=O) groups is 2. The highest BCUT2D eigenvalue weighted by Crippen LogP contribution is 2.33. The summed E-state index contributed by atoms with van der Waals surface area (Å²) < 4.78 is 16.4. The number of carboxylic acids is 1. The molecule has 7 heteroatoms. The van der Waals surface area contributed by atoms with Gasteiger partial charge in [0, 0.05) is 17.6 Å². The predicted octanol–water partition coefficient (Wildman–Crippen LogP) is 4.45. The van der Waals surface area contributed by atoms with Gasteiger partial charge in [0.15, 0.2) is 11.5 Å². The van der Waals surface area contributed by atoms with Gasteiger partial charge in [-0.1, -0.05) is 31.2 Å². The van der Waals surface area contributed by atoms with Crippen LogP contribution in [0.4, 0.5) is 0 Å². The van der Waals surface area contributed by atoms with Crippen molar-refractivity contribution in [2.45, 2.75) is 44.6 Å². The molecule has 4 rings (SSSR count). The molecule has 0 aromatic heterocycles. The van der Waals surface area contributed by atoms with Gasteiger partial charge >= 0.3 is 5.97 Å². The van der Waals surface area contributed by atoms with Gasteiger partial charge in [-0.2, -0.15) is 0 Å². The zero-order valence-electron chi connectivity index (χ0n) is 19.6. The molecule has 0 saturated heterocycles. The Labute approximate surface area is 199 Å². The maximum absolute atomic E-state index is 13.0. The normalized spacial score (nSPS) is 21.5. The summed E-state index contributed by atoms with van der Waals surface area (Å²) in [6.07, 6.45) is 4.86. The summed E-state index contributed by atoms with van der Waals surface area (Å²) in [6.45, 7) is 3.17. The third kappa shape index (κ3) is 5.19. The number of methoxy groups -OCH3 is 1. The number of hydrogen-bond donors (Lipinski definition) is 2. The molecule has 1 aliphatic heterocycles. The molecule has 0 bridgehead atoms. The van der Waals surface area contributed by atoms with Crippen molar-refractivity contribution in [1.29, 1.82) is 0 Å². The Kier molecular flexibility index (Phi) is 7.10. The van der Waals surface area contributed by atoms with Crippen molar-refractivity contribution < 1.29 is 28.9 Å². The van der Waals surface area contributed by atoms with Crippen LogP contribution in [0.3, 0.4) is 0 Å². The molecular weight excluding hydrogens is 434 g/mol. The van der Waals surface area contributed by atoms with E-state index in [1.807, 2.05) is 0 Å². The van der Waals surface area contributed by atoms with Gasteiger partial charge in [-0.15, -0.1) is 0 Å². The Morgan fingerprint density at radius 3 is 2.41 bits per heavy atom. The molecule has 0 atom stereocenters. The maximum Gasteiger partial charge on any atom is 0.329 e. The SMILES string of the molecule is COc1ccc(C(=O)NC2(C(=O)O)CCC(C)CC2)cc1OCCc1ccc(C2=COC2)cc1. The molecule has 1 saturated carbocycles. The fraction of sp³-hybridized carbons (Fsp3) is 0.407. The minimum Gasteiger partial charge on any atom is -0.496 e. The number of carboxylic acid groups (broad SMARTS) is 1. The molecule has 0 spiro atoms. The van der Waals surface area contributed by atoms with Gasteiger partial charge in [-0.05, 0) is 60.9 Å². The number of nitrogens with one attached hydrogen (secondary N) is 1. The molecule has 2 aromatic carbocycles. The van der Waals surface area contributed by atoms with Crippen LogP contribution in [-0.4, -0.2) is 42.8 Å². The van der Waals surface area contributed by atoms with E-state index in [0.29, 0.717) is 55.5 Å².